The van der Waals surface area contributed by atoms with Crippen molar-refractivity contribution in [2.45, 2.75) is 43.4 Å². The van der Waals surface area contributed by atoms with E-state index in [2.05, 4.69) is 208 Å². The SMILES string of the molecule is CN1c2ccccc2C(C)(Cc2cccc(C3(c4ccccc4)c4ccccc4N(C)c4ccccc43)c2)c2cc3c(cc21)C(C)(C)c1ccccc1-3. The third-order valence-corrected chi connectivity index (χ3v) is 13.0. The van der Waals surface area contributed by atoms with Gasteiger partial charge in [-0.15, -0.1) is 0 Å². The first-order chi connectivity index (χ1) is 25.7. The molecule has 1 atom stereocenters. The minimum atomic E-state index is -0.489. The molecule has 0 aromatic heterocycles. The van der Waals surface area contributed by atoms with E-state index < -0.39 is 5.41 Å². The Morgan fingerprint density at radius 2 is 0.925 bits per heavy atom. The van der Waals surface area contributed by atoms with Crippen LogP contribution in [0.2, 0.25) is 0 Å². The minimum Gasteiger partial charge on any atom is -0.344 e. The average Bonchev–Trinajstić information content (AvgIpc) is 3.43. The number of hydrogen-bond donors (Lipinski definition) is 0. The lowest BCUT2D eigenvalue weighted by atomic mass is 9.62. The summed E-state index contributed by atoms with van der Waals surface area (Å²) in [5.41, 5.74) is 19.1. The molecule has 7 aromatic carbocycles. The van der Waals surface area contributed by atoms with Crippen LogP contribution >= 0.6 is 0 Å². The third-order valence-electron chi connectivity index (χ3n) is 13.0. The fraction of sp³-hybridized carbons (Fsp3) is 0.176. The van der Waals surface area contributed by atoms with Crippen molar-refractivity contribution in [3.8, 4) is 11.1 Å². The highest BCUT2D eigenvalue weighted by Crippen LogP contribution is 2.58. The second-order valence-electron chi connectivity index (χ2n) is 16.1. The molecule has 53 heavy (non-hydrogen) atoms. The average molecular weight is 685 g/mol. The monoisotopic (exact) mass is 684 g/mol. The number of anilines is 4. The van der Waals surface area contributed by atoms with Crippen molar-refractivity contribution >= 4 is 22.7 Å². The molecule has 0 radical (unpaired) electrons. The van der Waals surface area contributed by atoms with E-state index >= 15 is 0 Å². The second-order valence-corrected chi connectivity index (χ2v) is 16.1. The Bertz CT molecular complexity index is 2530. The molecule has 0 saturated heterocycles. The maximum absolute atomic E-state index is 2.55. The first kappa shape index (κ1) is 31.8. The minimum absolute atomic E-state index is 0.0596. The van der Waals surface area contributed by atoms with Crippen LogP contribution in [0.4, 0.5) is 22.7 Å². The van der Waals surface area contributed by atoms with Crippen LogP contribution in [0.15, 0.2) is 164 Å². The van der Waals surface area contributed by atoms with E-state index in [0.29, 0.717) is 0 Å². The van der Waals surface area contributed by atoms with Gasteiger partial charge in [0, 0.05) is 47.7 Å². The van der Waals surface area contributed by atoms with E-state index in [1.54, 1.807) is 0 Å². The number of hydrogen-bond acceptors (Lipinski definition) is 2. The molecule has 1 aliphatic carbocycles. The van der Waals surface area contributed by atoms with E-state index in [0.717, 1.165) is 6.42 Å². The highest BCUT2D eigenvalue weighted by atomic mass is 15.1. The molecule has 2 heteroatoms. The molecule has 2 aliphatic heterocycles. The molecule has 0 saturated carbocycles. The Morgan fingerprint density at radius 1 is 0.396 bits per heavy atom. The van der Waals surface area contributed by atoms with Crippen LogP contribution in [0.5, 0.6) is 0 Å². The van der Waals surface area contributed by atoms with Crippen LogP contribution in [0, 0.1) is 0 Å². The number of nitrogens with zero attached hydrogens (tertiary/aromatic N) is 2. The summed E-state index contributed by atoms with van der Waals surface area (Å²) >= 11 is 0. The molecule has 2 nitrogen and oxygen atoms in total. The summed E-state index contributed by atoms with van der Waals surface area (Å²) in [5, 5.41) is 0. The quantitative estimate of drug-likeness (QED) is 0.182. The van der Waals surface area contributed by atoms with Gasteiger partial charge in [0.15, 0.2) is 0 Å². The molecule has 1 unspecified atom stereocenters. The molecule has 10 rings (SSSR count). The molecular formula is C51H44N2. The molecule has 2 heterocycles. The summed E-state index contributed by atoms with van der Waals surface area (Å²) in [6.45, 7) is 7.25. The second kappa shape index (κ2) is 11.3. The van der Waals surface area contributed by atoms with Gasteiger partial charge >= 0.3 is 0 Å². The Balaban J connectivity index is 1.20. The number of fused-ring (bicyclic) bond motifs is 7. The molecule has 3 aliphatic rings. The van der Waals surface area contributed by atoms with Gasteiger partial charge in [0.2, 0.25) is 0 Å². The van der Waals surface area contributed by atoms with Crippen molar-refractivity contribution in [1.29, 1.82) is 0 Å². The van der Waals surface area contributed by atoms with Crippen molar-refractivity contribution in [2.75, 3.05) is 23.9 Å². The van der Waals surface area contributed by atoms with Crippen LogP contribution in [0.3, 0.4) is 0 Å². The maximum atomic E-state index is 2.55. The molecule has 0 bridgehead atoms. The van der Waals surface area contributed by atoms with Gasteiger partial charge in [0.25, 0.3) is 0 Å². The fourth-order valence-electron chi connectivity index (χ4n) is 10.4. The summed E-state index contributed by atoms with van der Waals surface area (Å²) in [7, 11) is 4.45. The largest absolute Gasteiger partial charge is 0.344 e. The predicted octanol–water partition coefficient (Wildman–Crippen LogP) is 12.1. The van der Waals surface area contributed by atoms with Gasteiger partial charge in [0.1, 0.15) is 0 Å². The van der Waals surface area contributed by atoms with Crippen LogP contribution in [0.1, 0.15) is 70.8 Å². The fourth-order valence-corrected chi connectivity index (χ4v) is 10.4. The molecular weight excluding hydrogens is 641 g/mol. The van der Waals surface area contributed by atoms with Gasteiger partial charge in [-0.2, -0.15) is 0 Å². The number of benzene rings is 7. The van der Waals surface area contributed by atoms with Crippen LogP contribution in [-0.2, 0) is 22.7 Å². The lowest BCUT2D eigenvalue weighted by molar-refractivity contribution is 0.558. The molecule has 0 N–H and O–H groups in total. The van der Waals surface area contributed by atoms with Gasteiger partial charge in [0.05, 0.1) is 5.41 Å². The van der Waals surface area contributed by atoms with E-state index in [-0.39, 0.29) is 10.8 Å². The van der Waals surface area contributed by atoms with Crippen molar-refractivity contribution in [1.82, 2.24) is 0 Å². The van der Waals surface area contributed by atoms with Crippen molar-refractivity contribution in [3.63, 3.8) is 0 Å². The van der Waals surface area contributed by atoms with Crippen LogP contribution in [0.25, 0.3) is 11.1 Å². The zero-order chi connectivity index (χ0) is 36.1. The Labute approximate surface area is 314 Å². The lowest BCUT2D eigenvalue weighted by Crippen LogP contribution is -2.38. The molecule has 0 fully saturated rings. The Kier molecular flexibility index (Phi) is 6.80. The molecule has 0 amide bonds. The van der Waals surface area contributed by atoms with Gasteiger partial charge in [-0.25, -0.2) is 0 Å². The highest BCUT2D eigenvalue weighted by Gasteiger charge is 2.47. The van der Waals surface area contributed by atoms with E-state index in [4.69, 9.17) is 0 Å². The summed E-state index contributed by atoms with van der Waals surface area (Å²) in [5.74, 6) is 0. The van der Waals surface area contributed by atoms with Gasteiger partial charge in [-0.1, -0.05) is 154 Å². The zero-order valence-electron chi connectivity index (χ0n) is 31.2. The van der Waals surface area contributed by atoms with Gasteiger partial charge in [-0.3, -0.25) is 0 Å². The summed E-state index contributed by atoms with van der Waals surface area (Å²) in [6.07, 6.45) is 0.872. The Hall–Kier alpha value is -5.86. The van der Waals surface area contributed by atoms with Crippen LogP contribution < -0.4 is 9.80 Å². The maximum Gasteiger partial charge on any atom is 0.0742 e. The first-order valence-electron chi connectivity index (χ1n) is 18.9. The summed E-state index contributed by atoms with van der Waals surface area (Å²) < 4.78 is 0. The summed E-state index contributed by atoms with van der Waals surface area (Å²) in [6, 6.07) is 61.8. The number of rotatable bonds is 4. The van der Waals surface area contributed by atoms with Crippen molar-refractivity contribution in [2.24, 2.45) is 0 Å². The van der Waals surface area contributed by atoms with Crippen molar-refractivity contribution in [3.05, 3.63) is 214 Å². The van der Waals surface area contributed by atoms with E-state index in [1.165, 1.54) is 83.9 Å². The predicted molar refractivity (Wildman–Crippen MR) is 221 cm³/mol. The Morgan fingerprint density at radius 3 is 1.60 bits per heavy atom. The van der Waals surface area contributed by atoms with Gasteiger partial charge < -0.3 is 9.80 Å². The van der Waals surface area contributed by atoms with Crippen LogP contribution in [-0.4, -0.2) is 14.1 Å². The summed E-state index contributed by atoms with van der Waals surface area (Å²) in [4.78, 5) is 4.79. The zero-order valence-corrected chi connectivity index (χ0v) is 31.2. The normalized spacial score (nSPS) is 18.3. The topological polar surface area (TPSA) is 6.48 Å². The lowest BCUT2D eigenvalue weighted by Gasteiger charge is -2.46. The van der Waals surface area contributed by atoms with E-state index in [1.807, 2.05) is 0 Å². The highest BCUT2D eigenvalue weighted by molar-refractivity contribution is 5.88. The number of para-hydroxylation sites is 3. The molecule has 258 valence electrons. The molecule has 0 spiro atoms. The molecule has 7 aromatic rings. The van der Waals surface area contributed by atoms with E-state index in [9.17, 15) is 0 Å². The van der Waals surface area contributed by atoms with Gasteiger partial charge in [-0.05, 0) is 98.0 Å². The first-order valence-corrected chi connectivity index (χ1v) is 18.9. The van der Waals surface area contributed by atoms with Crippen molar-refractivity contribution < 1.29 is 0 Å². The third kappa shape index (κ3) is 4.27. The smallest absolute Gasteiger partial charge is 0.0742 e. The standard InChI is InChI=1S/C51H44N2/c1-49(2)39-23-10-9-22-37(39)38-31-44-48(32-43(38)49)53(5)45-27-14-11-24-40(45)50(44,3)33-34-18-17-21-36(30-34)51(35-19-7-6-8-20-35)41-25-12-15-28-46(41)52(4)47-29-16-13-26-42(47)51/h6-32H,33H2,1-5H3.